The van der Waals surface area contributed by atoms with E-state index in [1.807, 2.05) is 6.08 Å². The molecule has 1 heteroatoms. The SMILES string of the molecule is C#C[C@@]1(O)C=CC2=C3C=CC4CCCC[C@]4(C)[C@H]3CC[C@@]21C. The van der Waals surface area contributed by atoms with Gasteiger partial charge >= 0.3 is 0 Å². The van der Waals surface area contributed by atoms with Gasteiger partial charge in [0.1, 0.15) is 0 Å². The van der Waals surface area contributed by atoms with Gasteiger partial charge in [-0.05, 0) is 60.2 Å². The Labute approximate surface area is 134 Å². The molecule has 5 atom stereocenters. The molecule has 0 radical (unpaired) electrons. The molecule has 1 N–H and O–H groups in total. The zero-order chi connectivity index (χ0) is 15.6. The Balaban J connectivity index is 1.86. The van der Waals surface area contributed by atoms with Crippen LogP contribution in [0, 0.1) is 35.0 Å². The summed E-state index contributed by atoms with van der Waals surface area (Å²) in [6.45, 7) is 4.65. The van der Waals surface area contributed by atoms with Crippen molar-refractivity contribution in [2.24, 2.45) is 22.7 Å². The van der Waals surface area contributed by atoms with Crippen molar-refractivity contribution < 1.29 is 5.11 Å². The van der Waals surface area contributed by atoms with Crippen molar-refractivity contribution in [3.05, 3.63) is 35.5 Å². The molecule has 1 unspecified atom stereocenters. The maximum absolute atomic E-state index is 10.9. The van der Waals surface area contributed by atoms with E-state index in [4.69, 9.17) is 6.42 Å². The fraction of sp³-hybridized carbons (Fsp3) is 0.619. The van der Waals surface area contributed by atoms with E-state index in [9.17, 15) is 5.11 Å². The molecule has 0 aliphatic heterocycles. The molecule has 0 spiro atoms. The van der Waals surface area contributed by atoms with Crippen LogP contribution in [0.2, 0.25) is 0 Å². The molecular formula is C21H26O. The lowest BCUT2D eigenvalue weighted by atomic mass is 9.51. The van der Waals surface area contributed by atoms with E-state index in [0.717, 1.165) is 18.8 Å². The van der Waals surface area contributed by atoms with Gasteiger partial charge in [-0.1, -0.05) is 50.8 Å². The Morgan fingerprint density at radius 3 is 2.77 bits per heavy atom. The van der Waals surface area contributed by atoms with Crippen LogP contribution in [0.5, 0.6) is 0 Å². The average molecular weight is 294 g/mol. The summed E-state index contributed by atoms with van der Waals surface area (Å²) in [4.78, 5) is 0. The van der Waals surface area contributed by atoms with Gasteiger partial charge in [0.2, 0.25) is 0 Å². The van der Waals surface area contributed by atoms with Gasteiger partial charge in [0.25, 0.3) is 0 Å². The quantitative estimate of drug-likeness (QED) is 0.657. The van der Waals surface area contributed by atoms with E-state index < -0.39 is 5.60 Å². The van der Waals surface area contributed by atoms with Gasteiger partial charge < -0.3 is 5.11 Å². The molecular weight excluding hydrogens is 268 g/mol. The summed E-state index contributed by atoms with van der Waals surface area (Å²) in [5.41, 5.74) is 1.73. The second-order valence-corrected chi connectivity index (χ2v) is 8.25. The molecule has 0 aromatic carbocycles. The summed E-state index contributed by atoms with van der Waals surface area (Å²) in [6.07, 6.45) is 22.0. The minimum absolute atomic E-state index is 0.310. The molecule has 0 heterocycles. The van der Waals surface area contributed by atoms with E-state index >= 15 is 0 Å². The summed E-state index contributed by atoms with van der Waals surface area (Å²) in [5, 5.41) is 10.9. The molecule has 1 nitrogen and oxygen atoms in total. The van der Waals surface area contributed by atoms with Crippen LogP contribution >= 0.6 is 0 Å². The third-order valence-corrected chi connectivity index (χ3v) is 7.40. The third-order valence-electron chi connectivity index (χ3n) is 7.40. The number of terminal acetylenes is 1. The standard InChI is InChI=1S/C21H26O/c1-4-21(22)14-11-18-16-9-8-15-7-5-6-12-19(15,2)17(16)10-13-20(18,21)3/h1,8-9,11,14-15,17,22H,5-7,10,12-13H2,2-3H3/t15?,17-,19-,20-,21+/m0/s1. The largest absolute Gasteiger partial charge is 0.373 e. The van der Waals surface area contributed by atoms with Gasteiger partial charge in [0.15, 0.2) is 5.60 Å². The number of rotatable bonds is 0. The van der Waals surface area contributed by atoms with Crippen LogP contribution in [0.1, 0.15) is 52.4 Å². The molecule has 0 amide bonds. The molecule has 0 bridgehead atoms. The van der Waals surface area contributed by atoms with Crippen molar-refractivity contribution in [3.63, 3.8) is 0 Å². The number of hydrogen-bond donors (Lipinski definition) is 1. The van der Waals surface area contributed by atoms with E-state index in [1.165, 1.54) is 36.8 Å². The van der Waals surface area contributed by atoms with Crippen LogP contribution in [0.25, 0.3) is 0 Å². The second kappa shape index (κ2) is 4.39. The predicted octanol–water partition coefficient (Wildman–Crippen LogP) is 4.40. The van der Waals surface area contributed by atoms with Crippen LogP contribution in [-0.2, 0) is 0 Å². The highest BCUT2D eigenvalue weighted by Gasteiger charge is 2.56. The maximum atomic E-state index is 10.9. The van der Waals surface area contributed by atoms with Gasteiger partial charge in [-0.2, -0.15) is 0 Å². The highest BCUT2D eigenvalue weighted by atomic mass is 16.3. The van der Waals surface area contributed by atoms with Crippen molar-refractivity contribution in [2.45, 2.75) is 58.0 Å². The Kier molecular flexibility index (Phi) is 2.86. The zero-order valence-corrected chi connectivity index (χ0v) is 13.7. The molecule has 0 aromatic heterocycles. The fourth-order valence-corrected chi connectivity index (χ4v) is 5.75. The minimum atomic E-state index is -1.11. The van der Waals surface area contributed by atoms with Crippen LogP contribution in [0.3, 0.4) is 0 Å². The average Bonchev–Trinajstić information content (AvgIpc) is 2.79. The number of aliphatic hydroxyl groups is 1. The Hall–Kier alpha value is -1.26. The van der Waals surface area contributed by atoms with E-state index in [1.54, 1.807) is 0 Å². The molecule has 0 aromatic rings. The summed E-state index contributed by atoms with van der Waals surface area (Å²) < 4.78 is 0. The van der Waals surface area contributed by atoms with Crippen LogP contribution in [-0.4, -0.2) is 10.7 Å². The van der Waals surface area contributed by atoms with Crippen molar-refractivity contribution in [1.82, 2.24) is 0 Å². The van der Waals surface area contributed by atoms with Gasteiger partial charge in [0, 0.05) is 5.41 Å². The first-order chi connectivity index (χ1) is 10.4. The monoisotopic (exact) mass is 294 g/mol. The van der Waals surface area contributed by atoms with E-state index in [-0.39, 0.29) is 5.41 Å². The number of fused-ring (bicyclic) bond motifs is 4. The minimum Gasteiger partial charge on any atom is -0.373 e. The lowest BCUT2D eigenvalue weighted by Crippen LogP contribution is -2.48. The lowest BCUT2D eigenvalue weighted by molar-refractivity contribution is 0.0128. The molecule has 1 fully saturated rings. The first-order valence-corrected chi connectivity index (χ1v) is 8.77. The smallest absolute Gasteiger partial charge is 0.153 e. The van der Waals surface area contributed by atoms with Crippen molar-refractivity contribution >= 4 is 0 Å². The Morgan fingerprint density at radius 1 is 1.18 bits per heavy atom. The maximum Gasteiger partial charge on any atom is 0.153 e. The lowest BCUT2D eigenvalue weighted by Gasteiger charge is -2.54. The molecule has 1 saturated carbocycles. The van der Waals surface area contributed by atoms with Gasteiger partial charge in [0.05, 0.1) is 0 Å². The molecule has 116 valence electrons. The second-order valence-electron chi connectivity index (χ2n) is 8.25. The van der Waals surface area contributed by atoms with Crippen molar-refractivity contribution in [1.29, 1.82) is 0 Å². The Bertz CT molecular complexity index is 645. The Morgan fingerprint density at radius 2 is 2.00 bits per heavy atom. The summed E-state index contributed by atoms with van der Waals surface area (Å²) in [6, 6.07) is 0. The highest BCUT2D eigenvalue weighted by molar-refractivity contribution is 5.54. The van der Waals surface area contributed by atoms with Crippen molar-refractivity contribution in [2.75, 3.05) is 0 Å². The fourth-order valence-electron chi connectivity index (χ4n) is 5.75. The van der Waals surface area contributed by atoms with Crippen LogP contribution in [0.4, 0.5) is 0 Å². The molecule has 4 aliphatic rings. The van der Waals surface area contributed by atoms with Crippen molar-refractivity contribution in [3.8, 4) is 12.3 Å². The molecule has 22 heavy (non-hydrogen) atoms. The molecule has 0 saturated heterocycles. The van der Waals surface area contributed by atoms with Gasteiger partial charge in [-0.15, -0.1) is 6.42 Å². The summed E-state index contributed by atoms with van der Waals surface area (Å²) in [7, 11) is 0. The topological polar surface area (TPSA) is 20.2 Å². The highest BCUT2D eigenvalue weighted by Crippen LogP contribution is 2.62. The van der Waals surface area contributed by atoms with Crippen LogP contribution in [0.15, 0.2) is 35.5 Å². The summed E-state index contributed by atoms with van der Waals surface area (Å²) in [5.74, 6) is 4.02. The molecule has 4 rings (SSSR count). The van der Waals surface area contributed by atoms with Crippen LogP contribution < -0.4 is 0 Å². The molecule has 4 aliphatic carbocycles. The predicted molar refractivity (Wildman–Crippen MR) is 90.0 cm³/mol. The third kappa shape index (κ3) is 1.55. The zero-order valence-electron chi connectivity index (χ0n) is 13.7. The van der Waals surface area contributed by atoms with Gasteiger partial charge in [-0.3, -0.25) is 0 Å². The first kappa shape index (κ1) is 14.3. The van der Waals surface area contributed by atoms with E-state index in [2.05, 4.69) is 38.0 Å². The van der Waals surface area contributed by atoms with E-state index in [0.29, 0.717) is 11.3 Å². The number of allylic oxidation sites excluding steroid dienone is 4. The summed E-state index contributed by atoms with van der Waals surface area (Å²) >= 11 is 0. The van der Waals surface area contributed by atoms with Gasteiger partial charge in [-0.25, -0.2) is 0 Å². The normalized spacial score (nSPS) is 49.4. The number of hydrogen-bond acceptors (Lipinski definition) is 1. The first-order valence-electron chi connectivity index (χ1n) is 8.77.